The largest absolute Gasteiger partial charge is 0.396 e. The summed E-state index contributed by atoms with van der Waals surface area (Å²) >= 11 is 3.46. The molecular formula is C10H10BrFN2. The number of aromatic nitrogens is 1. The van der Waals surface area contributed by atoms with Crippen LogP contribution in [0.25, 0.3) is 10.9 Å². The third kappa shape index (κ3) is 1.14. The molecule has 0 atom stereocenters. The first kappa shape index (κ1) is 9.52. The molecule has 0 saturated carbocycles. The van der Waals surface area contributed by atoms with Gasteiger partial charge in [0, 0.05) is 28.7 Å². The molecule has 74 valence electrons. The zero-order valence-electron chi connectivity index (χ0n) is 7.94. The molecule has 0 aliphatic rings. The third-order valence-electron chi connectivity index (χ3n) is 2.53. The summed E-state index contributed by atoms with van der Waals surface area (Å²) in [6, 6.07) is 3.12. The first-order valence-electron chi connectivity index (χ1n) is 4.22. The summed E-state index contributed by atoms with van der Waals surface area (Å²) in [5.41, 5.74) is 7.60. The molecule has 0 spiro atoms. The number of rotatable bonds is 0. The lowest BCUT2D eigenvalue weighted by molar-refractivity contribution is 0.633. The molecule has 1 heterocycles. The van der Waals surface area contributed by atoms with Gasteiger partial charge in [-0.1, -0.05) is 0 Å². The predicted octanol–water partition coefficient (Wildman–Crippen LogP) is 2.97. The van der Waals surface area contributed by atoms with Crippen molar-refractivity contribution in [2.24, 2.45) is 7.05 Å². The number of benzene rings is 1. The van der Waals surface area contributed by atoms with Gasteiger partial charge in [-0.05, 0) is 28.9 Å². The Hall–Kier alpha value is -1.03. The van der Waals surface area contributed by atoms with Crippen molar-refractivity contribution in [2.75, 3.05) is 5.73 Å². The third-order valence-corrected chi connectivity index (χ3v) is 3.53. The Morgan fingerprint density at radius 2 is 2.07 bits per heavy atom. The molecule has 2 aromatic rings. The van der Waals surface area contributed by atoms with Gasteiger partial charge >= 0.3 is 0 Å². The predicted molar refractivity (Wildman–Crippen MR) is 59.7 cm³/mol. The maximum absolute atomic E-state index is 13.2. The molecule has 1 aromatic carbocycles. The van der Waals surface area contributed by atoms with E-state index in [0.29, 0.717) is 0 Å². The van der Waals surface area contributed by atoms with Gasteiger partial charge in [0.05, 0.1) is 11.2 Å². The standard InChI is InChI=1S/C10H10BrFN2/c1-5-10(11)6-3-8(13)7(12)4-9(6)14(5)2/h3-4H,13H2,1-2H3. The van der Waals surface area contributed by atoms with Crippen LogP contribution in [0.3, 0.4) is 0 Å². The van der Waals surface area contributed by atoms with Gasteiger partial charge in [0.15, 0.2) is 0 Å². The molecule has 0 bridgehead atoms. The molecule has 1 aromatic heterocycles. The number of anilines is 1. The zero-order valence-corrected chi connectivity index (χ0v) is 9.52. The minimum Gasteiger partial charge on any atom is -0.396 e. The van der Waals surface area contributed by atoms with Crippen molar-refractivity contribution < 1.29 is 4.39 Å². The normalized spacial score (nSPS) is 11.1. The van der Waals surface area contributed by atoms with E-state index in [1.807, 2.05) is 18.5 Å². The molecule has 0 unspecified atom stereocenters. The molecule has 0 radical (unpaired) electrons. The lowest BCUT2D eigenvalue weighted by atomic mass is 10.2. The van der Waals surface area contributed by atoms with Crippen LogP contribution in [0.15, 0.2) is 16.6 Å². The number of nitrogens with zero attached hydrogens (tertiary/aromatic N) is 1. The summed E-state index contributed by atoms with van der Waals surface area (Å²) in [5, 5.41) is 0.948. The molecule has 2 nitrogen and oxygen atoms in total. The molecule has 14 heavy (non-hydrogen) atoms. The minimum atomic E-state index is -0.370. The maximum atomic E-state index is 13.2. The van der Waals surface area contributed by atoms with E-state index in [2.05, 4.69) is 15.9 Å². The molecule has 0 aliphatic carbocycles. The highest BCUT2D eigenvalue weighted by Crippen LogP contribution is 2.32. The maximum Gasteiger partial charge on any atom is 0.148 e. The second-order valence-corrected chi connectivity index (χ2v) is 4.14. The second-order valence-electron chi connectivity index (χ2n) is 3.35. The van der Waals surface area contributed by atoms with Crippen LogP contribution in [0.1, 0.15) is 5.69 Å². The fourth-order valence-electron chi connectivity index (χ4n) is 1.56. The van der Waals surface area contributed by atoms with Gasteiger partial charge in [0.1, 0.15) is 5.82 Å². The van der Waals surface area contributed by atoms with Gasteiger partial charge in [-0.2, -0.15) is 0 Å². The number of halogens is 2. The van der Waals surface area contributed by atoms with Crippen LogP contribution in [0, 0.1) is 12.7 Å². The summed E-state index contributed by atoms with van der Waals surface area (Å²) in [5.74, 6) is -0.370. The SMILES string of the molecule is Cc1c(Br)c2cc(N)c(F)cc2n1C. The highest BCUT2D eigenvalue weighted by molar-refractivity contribution is 9.10. The van der Waals surface area contributed by atoms with E-state index < -0.39 is 0 Å². The fourth-order valence-corrected chi connectivity index (χ4v) is 2.14. The quantitative estimate of drug-likeness (QED) is 0.722. The number of aryl methyl sites for hydroxylation is 1. The Balaban J connectivity index is 2.96. The van der Waals surface area contributed by atoms with Crippen molar-refractivity contribution in [3.63, 3.8) is 0 Å². The highest BCUT2D eigenvalue weighted by Gasteiger charge is 2.11. The van der Waals surface area contributed by atoms with E-state index in [1.165, 1.54) is 6.07 Å². The molecule has 4 heteroatoms. The second kappa shape index (κ2) is 2.98. The Kier molecular flexibility index (Phi) is 2.03. The van der Waals surface area contributed by atoms with E-state index in [1.54, 1.807) is 6.07 Å². The smallest absolute Gasteiger partial charge is 0.148 e. The first-order valence-corrected chi connectivity index (χ1v) is 5.01. The summed E-state index contributed by atoms with van der Waals surface area (Å²) in [6.07, 6.45) is 0. The zero-order chi connectivity index (χ0) is 10.5. The number of hydrogen-bond donors (Lipinski definition) is 1. The van der Waals surface area contributed by atoms with Gasteiger partial charge in [0.25, 0.3) is 0 Å². The Bertz CT molecular complexity index is 472. The van der Waals surface area contributed by atoms with Crippen LogP contribution in [-0.2, 0) is 7.05 Å². The van der Waals surface area contributed by atoms with Crippen LogP contribution in [0.5, 0.6) is 0 Å². The molecular weight excluding hydrogens is 247 g/mol. The number of fused-ring (bicyclic) bond motifs is 1. The van der Waals surface area contributed by atoms with Gasteiger partial charge in [-0.25, -0.2) is 4.39 Å². The number of nitrogens with two attached hydrogens (primary N) is 1. The van der Waals surface area contributed by atoms with Crippen molar-refractivity contribution in [1.29, 1.82) is 0 Å². The Morgan fingerprint density at radius 3 is 2.71 bits per heavy atom. The van der Waals surface area contributed by atoms with E-state index in [9.17, 15) is 4.39 Å². The van der Waals surface area contributed by atoms with Crippen LogP contribution in [-0.4, -0.2) is 4.57 Å². The molecule has 0 aliphatic heterocycles. The lowest BCUT2D eigenvalue weighted by Crippen LogP contribution is -1.93. The van der Waals surface area contributed by atoms with E-state index >= 15 is 0 Å². The molecule has 0 amide bonds. The summed E-state index contributed by atoms with van der Waals surface area (Å²) < 4.78 is 16.1. The average molecular weight is 257 g/mol. The molecule has 0 saturated heterocycles. The fraction of sp³-hybridized carbons (Fsp3) is 0.200. The molecule has 2 rings (SSSR count). The summed E-state index contributed by atoms with van der Waals surface area (Å²) in [7, 11) is 1.90. The Labute approximate surface area is 89.6 Å². The molecule has 0 fully saturated rings. The van der Waals surface area contributed by atoms with Crippen molar-refractivity contribution in [2.45, 2.75) is 6.92 Å². The average Bonchev–Trinajstić information content (AvgIpc) is 2.34. The number of hydrogen-bond acceptors (Lipinski definition) is 1. The van der Waals surface area contributed by atoms with Crippen LogP contribution in [0.2, 0.25) is 0 Å². The minimum absolute atomic E-state index is 0.184. The van der Waals surface area contributed by atoms with Gasteiger partial charge in [0.2, 0.25) is 0 Å². The van der Waals surface area contributed by atoms with Crippen molar-refractivity contribution in [1.82, 2.24) is 4.57 Å². The molecule has 2 N–H and O–H groups in total. The van der Waals surface area contributed by atoms with Gasteiger partial charge in [-0.3, -0.25) is 0 Å². The van der Waals surface area contributed by atoms with Crippen LogP contribution < -0.4 is 5.73 Å². The van der Waals surface area contributed by atoms with Crippen LogP contribution >= 0.6 is 15.9 Å². The number of nitrogen functional groups attached to an aromatic ring is 1. The van der Waals surface area contributed by atoms with Crippen LogP contribution in [0.4, 0.5) is 10.1 Å². The first-order chi connectivity index (χ1) is 6.52. The van der Waals surface area contributed by atoms with E-state index in [0.717, 1.165) is 21.1 Å². The lowest BCUT2D eigenvalue weighted by Gasteiger charge is -2.00. The highest BCUT2D eigenvalue weighted by atomic mass is 79.9. The van der Waals surface area contributed by atoms with Gasteiger partial charge < -0.3 is 10.3 Å². The summed E-state index contributed by atoms with van der Waals surface area (Å²) in [6.45, 7) is 1.97. The summed E-state index contributed by atoms with van der Waals surface area (Å²) in [4.78, 5) is 0. The van der Waals surface area contributed by atoms with Crippen molar-refractivity contribution in [3.05, 3.63) is 28.1 Å². The van der Waals surface area contributed by atoms with Gasteiger partial charge in [-0.15, -0.1) is 0 Å². The topological polar surface area (TPSA) is 30.9 Å². The van der Waals surface area contributed by atoms with E-state index in [4.69, 9.17) is 5.73 Å². The van der Waals surface area contributed by atoms with E-state index in [-0.39, 0.29) is 11.5 Å². The monoisotopic (exact) mass is 256 g/mol. The van der Waals surface area contributed by atoms with Crippen molar-refractivity contribution in [3.8, 4) is 0 Å². The Morgan fingerprint density at radius 1 is 1.43 bits per heavy atom. The van der Waals surface area contributed by atoms with Crippen molar-refractivity contribution >= 4 is 32.5 Å².